The average Bonchev–Trinajstić information content (AvgIpc) is 2.34. The molecule has 1 aromatic carbocycles. The van der Waals surface area contributed by atoms with Gasteiger partial charge in [0.15, 0.2) is 0 Å². The molecule has 0 fully saturated rings. The van der Waals surface area contributed by atoms with Crippen molar-refractivity contribution < 1.29 is 5.11 Å². The summed E-state index contributed by atoms with van der Waals surface area (Å²) >= 11 is 0. The van der Waals surface area contributed by atoms with Gasteiger partial charge in [-0.25, -0.2) is 0 Å². The van der Waals surface area contributed by atoms with Gasteiger partial charge in [-0.1, -0.05) is 56.2 Å². The fraction of sp³-hybridized carbons (Fsp3) is 0.500. The minimum Gasteiger partial charge on any atom is -0.378 e. The van der Waals surface area contributed by atoms with Crippen molar-refractivity contribution in [2.24, 2.45) is 0 Å². The lowest BCUT2D eigenvalue weighted by Gasteiger charge is -2.15. The molecule has 1 atom stereocenters. The van der Waals surface area contributed by atoms with E-state index in [4.69, 9.17) is 0 Å². The molecule has 1 rings (SSSR count). The van der Waals surface area contributed by atoms with E-state index in [-0.39, 0.29) is 0 Å². The molecule has 0 spiro atoms. The third-order valence-electron chi connectivity index (χ3n) is 2.77. The Morgan fingerprint density at radius 2 is 1.82 bits per heavy atom. The molecule has 17 heavy (non-hydrogen) atoms. The SMILES string of the molecule is CCCCCCC(C)(O)C#Cc1ccccc1. The quantitative estimate of drug-likeness (QED) is 0.603. The highest BCUT2D eigenvalue weighted by atomic mass is 16.3. The van der Waals surface area contributed by atoms with E-state index < -0.39 is 5.60 Å². The van der Waals surface area contributed by atoms with Crippen LogP contribution in [0, 0.1) is 11.8 Å². The lowest BCUT2D eigenvalue weighted by Crippen LogP contribution is -2.21. The van der Waals surface area contributed by atoms with E-state index in [1.54, 1.807) is 6.92 Å². The Balaban J connectivity index is 2.46. The third kappa shape index (κ3) is 6.14. The van der Waals surface area contributed by atoms with Crippen LogP contribution in [0.5, 0.6) is 0 Å². The Bertz CT molecular complexity index is 368. The van der Waals surface area contributed by atoms with Crippen LogP contribution in [0.4, 0.5) is 0 Å². The summed E-state index contributed by atoms with van der Waals surface area (Å²) in [5.41, 5.74) is 0.102. The van der Waals surface area contributed by atoms with E-state index in [9.17, 15) is 5.11 Å². The molecule has 1 heteroatoms. The number of hydrogen-bond acceptors (Lipinski definition) is 1. The Labute approximate surface area is 105 Å². The van der Waals surface area contributed by atoms with Gasteiger partial charge in [0, 0.05) is 5.56 Å². The van der Waals surface area contributed by atoms with Gasteiger partial charge in [-0.15, -0.1) is 0 Å². The highest BCUT2D eigenvalue weighted by molar-refractivity contribution is 5.35. The third-order valence-corrected chi connectivity index (χ3v) is 2.77. The van der Waals surface area contributed by atoms with Crippen molar-refractivity contribution in [3.05, 3.63) is 35.9 Å². The average molecular weight is 230 g/mol. The Morgan fingerprint density at radius 3 is 2.47 bits per heavy atom. The summed E-state index contributed by atoms with van der Waals surface area (Å²) in [6, 6.07) is 9.80. The maximum atomic E-state index is 10.1. The van der Waals surface area contributed by atoms with Gasteiger partial charge in [-0.05, 0) is 31.9 Å². The molecule has 0 heterocycles. The van der Waals surface area contributed by atoms with Crippen LogP contribution in [0.25, 0.3) is 0 Å². The van der Waals surface area contributed by atoms with Crippen molar-refractivity contribution in [3.8, 4) is 11.8 Å². The Hall–Kier alpha value is -1.26. The molecule has 0 aliphatic heterocycles. The Kier molecular flexibility index (Phi) is 5.80. The fourth-order valence-corrected chi connectivity index (χ4v) is 1.69. The second-order valence-electron chi connectivity index (χ2n) is 4.70. The van der Waals surface area contributed by atoms with Crippen molar-refractivity contribution in [1.82, 2.24) is 0 Å². The molecule has 1 aromatic rings. The first kappa shape index (κ1) is 13.8. The smallest absolute Gasteiger partial charge is 0.123 e. The summed E-state index contributed by atoms with van der Waals surface area (Å²) < 4.78 is 0. The molecular formula is C16H22O. The molecule has 0 radical (unpaired) electrons. The van der Waals surface area contributed by atoms with Crippen LogP contribution in [0.3, 0.4) is 0 Å². The monoisotopic (exact) mass is 230 g/mol. The first-order valence-corrected chi connectivity index (χ1v) is 6.44. The predicted molar refractivity (Wildman–Crippen MR) is 72.7 cm³/mol. The van der Waals surface area contributed by atoms with Crippen LogP contribution in [0.2, 0.25) is 0 Å². The van der Waals surface area contributed by atoms with E-state index in [2.05, 4.69) is 18.8 Å². The molecule has 0 bridgehead atoms. The van der Waals surface area contributed by atoms with Gasteiger partial charge < -0.3 is 5.11 Å². The van der Waals surface area contributed by atoms with Gasteiger partial charge in [0.25, 0.3) is 0 Å². The summed E-state index contributed by atoms with van der Waals surface area (Å²) in [6.07, 6.45) is 5.44. The highest BCUT2D eigenvalue weighted by Gasteiger charge is 2.15. The molecule has 92 valence electrons. The van der Waals surface area contributed by atoms with Gasteiger partial charge >= 0.3 is 0 Å². The second-order valence-corrected chi connectivity index (χ2v) is 4.70. The minimum absolute atomic E-state index is 0.757. The first-order chi connectivity index (χ1) is 8.14. The van der Waals surface area contributed by atoms with Crippen LogP contribution in [-0.4, -0.2) is 10.7 Å². The molecule has 1 N–H and O–H groups in total. The molecule has 0 amide bonds. The van der Waals surface area contributed by atoms with E-state index in [0.717, 1.165) is 18.4 Å². The number of hydrogen-bond donors (Lipinski definition) is 1. The summed E-state index contributed by atoms with van der Waals surface area (Å²) in [6.45, 7) is 3.99. The summed E-state index contributed by atoms with van der Waals surface area (Å²) in [5, 5.41) is 10.1. The first-order valence-electron chi connectivity index (χ1n) is 6.44. The molecule has 0 aromatic heterocycles. The standard InChI is InChI=1S/C16H22O/c1-3-4-5-9-13-16(2,17)14-12-15-10-7-6-8-11-15/h6-8,10-11,17H,3-5,9,13H2,1-2H3. The van der Waals surface area contributed by atoms with Gasteiger partial charge in [-0.2, -0.15) is 0 Å². The molecule has 0 aliphatic carbocycles. The lowest BCUT2D eigenvalue weighted by molar-refractivity contribution is 0.109. The summed E-state index contributed by atoms with van der Waals surface area (Å²) in [4.78, 5) is 0. The van der Waals surface area contributed by atoms with Crippen LogP contribution < -0.4 is 0 Å². The van der Waals surface area contributed by atoms with E-state index in [1.165, 1.54) is 19.3 Å². The van der Waals surface area contributed by atoms with Gasteiger partial charge in [0.2, 0.25) is 0 Å². The van der Waals surface area contributed by atoms with Crippen molar-refractivity contribution >= 4 is 0 Å². The van der Waals surface area contributed by atoms with Crippen molar-refractivity contribution in [1.29, 1.82) is 0 Å². The van der Waals surface area contributed by atoms with E-state index in [0.29, 0.717) is 0 Å². The predicted octanol–water partition coefficient (Wildman–Crippen LogP) is 3.76. The van der Waals surface area contributed by atoms with Crippen LogP contribution >= 0.6 is 0 Å². The van der Waals surface area contributed by atoms with Gasteiger partial charge in [0.05, 0.1) is 0 Å². The van der Waals surface area contributed by atoms with Crippen LogP contribution in [0.15, 0.2) is 30.3 Å². The largest absolute Gasteiger partial charge is 0.378 e. The van der Waals surface area contributed by atoms with Gasteiger partial charge in [-0.3, -0.25) is 0 Å². The molecular weight excluding hydrogens is 208 g/mol. The topological polar surface area (TPSA) is 20.2 Å². The van der Waals surface area contributed by atoms with Crippen molar-refractivity contribution in [2.75, 3.05) is 0 Å². The molecule has 0 saturated carbocycles. The Morgan fingerprint density at radius 1 is 1.12 bits per heavy atom. The maximum absolute atomic E-state index is 10.1. The normalized spacial score (nSPS) is 13.6. The number of unbranched alkanes of at least 4 members (excludes halogenated alkanes) is 3. The zero-order valence-corrected chi connectivity index (χ0v) is 10.9. The minimum atomic E-state index is -0.858. The zero-order chi connectivity index (χ0) is 12.6. The lowest BCUT2D eigenvalue weighted by atomic mass is 9.98. The molecule has 0 saturated heterocycles. The van der Waals surface area contributed by atoms with Gasteiger partial charge in [0.1, 0.15) is 5.60 Å². The second kappa shape index (κ2) is 7.14. The zero-order valence-electron chi connectivity index (χ0n) is 10.9. The summed E-state index contributed by atoms with van der Waals surface area (Å²) in [5.74, 6) is 5.98. The number of aliphatic hydroxyl groups is 1. The maximum Gasteiger partial charge on any atom is 0.123 e. The van der Waals surface area contributed by atoms with Crippen LogP contribution in [0.1, 0.15) is 51.5 Å². The number of rotatable bonds is 5. The molecule has 1 unspecified atom stereocenters. The highest BCUT2D eigenvalue weighted by Crippen LogP contribution is 2.14. The van der Waals surface area contributed by atoms with Crippen LogP contribution in [-0.2, 0) is 0 Å². The molecule has 1 nitrogen and oxygen atoms in total. The van der Waals surface area contributed by atoms with Crippen molar-refractivity contribution in [3.63, 3.8) is 0 Å². The van der Waals surface area contributed by atoms with Crippen molar-refractivity contribution in [2.45, 2.75) is 51.6 Å². The number of benzene rings is 1. The van der Waals surface area contributed by atoms with E-state index >= 15 is 0 Å². The summed E-state index contributed by atoms with van der Waals surface area (Å²) in [7, 11) is 0. The fourth-order valence-electron chi connectivity index (χ4n) is 1.69. The molecule has 0 aliphatic rings. The van der Waals surface area contributed by atoms with E-state index in [1.807, 2.05) is 30.3 Å².